The maximum absolute atomic E-state index is 11.4. The summed E-state index contributed by atoms with van der Waals surface area (Å²) in [4.78, 5) is 11.4. The number of Topliss-reactive ketones (excluding diaryl/α,β-unsaturated/α-hetero) is 1. The molecule has 0 aromatic carbocycles. The van der Waals surface area contributed by atoms with Crippen LogP contribution in [0.3, 0.4) is 0 Å². The molecule has 0 bridgehead atoms. The van der Waals surface area contributed by atoms with Gasteiger partial charge in [-0.15, -0.1) is 0 Å². The monoisotopic (exact) mass is 169 g/mol. The number of hydrogen-bond donors (Lipinski definition) is 1. The van der Waals surface area contributed by atoms with E-state index in [0.717, 1.165) is 18.7 Å². The Morgan fingerprint density at radius 3 is 2.58 bits per heavy atom. The van der Waals surface area contributed by atoms with E-state index in [0.29, 0.717) is 6.42 Å². The van der Waals surface area contributed by atoms with Crippen molar-refractivity contribution < 1.29 is 4.79 Å². The summed E-state index contributed by atoms with van der Waals surface area (Å²) in [5.41, 5.74) is 0.948. The molecular formula is C10H19NO. The van der Waals surface area contributed by atoms with Gasteiger partial charge < -0.3 is 5.32 Å². The topological polar surface area (TPSA) is 29.1 Å². The third kappa shape index (κ3) is 5.08. The fraction of sp³-hybridized carbons (Fsp3) is 0.700. The van der Waals surface area contributed by atoms with E-state index in [1.54, 1.807) is 0 Å². The first-order chi connectivity index (χ1) is 5.57. The zero-order chi connectivity index (χ0) is 9.56. The number of nitrogens with one attached hydrogen (secondary N) is 1. The SMILES string of the molecule is C=C(C)CC(=O)C(C)CNCC. The summed E-state index contributed by atoms with van der Waals surface area (Å²) in [6.07, 6.45) is 0.520. The van der Waals surface area contributed by atoms with Gasteiger partial charge in [0.2, 0.25) is 0 Å². The van der Waals surface area contributed by atoms with Gasteiger partial charge in [-0.3, -0.25) is 4.79 Å². The van der Waals surface area contributed by atoms with Crippen LogP contribution in [0.15, 0.2) is 12.2 Å². The third-order valence-electron chi connectivity index (χ3n) is 1.73. The van der Waals surface area contributed by atoms with Crippen LogP contribution in [0.25, 0.3) is 0 Å². The molecule has 0 heterocycles. The van der Waals surface area contributed by atoms with Crippen LogP contribution in [0, 0.1) is 5.92 Å². The molecule has 1 atom stereocenters. The number of hydrogen-bond acceptors (Lipinski definition) is 2. The van der Waals surface area contributed by atoms with E-state index in [1.165, 1.54) is 0 Å². The van der Waals surface area contributed by atoms with Crippen molar-refractivity contribution in [2.45, 2.75) is 27.2 Å². The molecule has 1 unspecified atom stereocenters. The molecule has 70 valence electrons. The predicted molar refractivity (Wildman–Crippen MR) is 52.1 cm³/mol. The molecule has 0 fully saturated rings. The van der Waals surface area contributed by atoms with E-state index in [9.17, 15) is 4.79 Å². The molecule has 0 aromatic heterocycles. The Hall–Kier alpha value is -0.630. The lowest BCUT2D eigenvalue weighted by Crippen LogP contribution is -2.26. The summed E-state index contributed by atoms with van der Waals surface area (Å²) in [5.74, 6) is 0.394. The Bertz CT molecular complexity index is 163. The van der Waals surface area contributed by atoms with Crippen LogP contribution in [-0.2, 0) is 4.79 Å². The molecule has 1 N–H and O–H groups in total. The fourth-order valence-corrected chi connectivity index (χ4v) is 0.946. The average molecular weight is 169 g/mol. The Labute approximate surface area is 75.0 Å². The van der Waals surface area contributed by atoms with Gasteiger partial charge in [0.15, 0.2) is 0 Å². The first kappa shape index (κ1) is 11.4. The molecule has 0 aliphatic carbocycles. The van der Waals surface area contributed by atoms with Crippen LogP contribution in [0.4, 0.5) is 0 Å². The Morgan fingerprint density at radius 2 is 2.17 bits per heavy atom. The number of ketones is 1. The van der Waals surface area contributed by atoms with E-state index in [2.05, 4.69) is 11.9 Å². The van der Waals surface area contributed by atoms with Crippen molar-refractivity contribution in [3.8, 4) is 0 Å². The van der Waals surface area contributed by atoms with Crippen LogP contribution >= 0.6 is 0 Å². The lowest BCUT2D eigenvalue weighted by molar-refractivity contribution is -0.121. The summed E-state index contributed by atoms with van der Waals surface area (Å²) in [6, 6.07) is 0. The Kier molecular flexibility index (Phi) is 5.64. The molecule has 0 aliphatic heterocycles. The van der Waals surface area contributed by atoms with Crippen LogP contribution in [0.5, 0.6) is 0 Å². The van der Waals surface area contributed by atoms with Crippen molar-refractivity contribution >= 4 is 5.78 Å². The predicted octanol–water partition coefficient (Wildman–Crippen LogP) is 1.77. The van der Waals surface area contributed by atoms with Crippen LogP contribution in [0.2, 0.25) is 0 Å². The summed E-state index contributed by atoms with van der Waals surface area (Å²) >= 11 is 0. The minimum Gasteiger partial charge on any atom is -0.316 e. The molecule has 0 aromatic rings. The van der Waals surface area contributed by atoms with E-state index in [1.807, 2.05) is 20.8 Å². The van der Waals surface area contributed by atoms with Crippen molar-refractivity contribution in [3.05, 3.63) is 12.2 Å². The number of carbonyl (C=O) groups is 1. The van der Waals surface area contributed by atoms with Crippen molar-refractivity contribution in [2.75, 3.05) is 13.1 Å². The molecule has 0 saturated heterocycles. The molecule has 12 heavy (non-hydrogen) atoms. The molecule has 0 rings (SSSR count). The van der Waals surface area contributed by atoms with E-state index >= 15 is 0 Å². The summed E-state index contributed by atoms with van der Waals surface area (Å²) < 4.78 is 0. The summed E-state index contributed by atoms with van der Waals surface area (Å²) in [7, 11) is 0. The second-order valence-electron chi connectivity index (χ2n) is 3.31. The lowest BCUT2D eigenvalue weighted by Gasteiger charge is -2.09. The van der Waals surface area contributed by atoms with Gasteiger partial charge in [-0.1, -0.05) is 26.0 Å². The quantitative estimate of drug-likeness (QED) is 0.614. The zero-order valence-corrected chi connectivity index (χ0v) is 8.31. The number of rotatable bonds is 6. The van der Waals surface area contributed by atoms with E-state index in [-0.39, 0.29) is 11.7 Å². The summed E-state index contributed by atoms with van der Waals surface area (Å²) in [6.45, 7) is 11.3. The van der Waals surface area contributed by atoms with Gasteiger partial charge in [-0.05, 0) is 13.5 Å². The highest BCUT2D eigenvalue weighted by Crippen LogP contribution is 2.04. The maximum atomic E-state index is 11.4. The van der Waals surface area contributed by atoms with Gasteiger partial charge in [0, 0.05) is 18.9 Å². The van der Waals surface area contributed by atoms with Crippen LogP contribution in [0.1, 0.15) is 27.2 Å². The minimum absolute atomic E-state index is 0.113. The largest absolute Gasteiger partial charge is 0.316 e. The van der Waals surface area contributed by atoms with Gasteiger partial charge in [0.25, 0.3) is 0 Å². The average Bonchev–Trinajstić information content (AvgIpc) is 1.98. The molecule has 0 aliphatic rings. The van der Waals surface area contributed by atoms with Gasteiger partial charge >= 0.3 is 0 Å². The fourth-order valence-electron chi connectivity index (χ4n) is 0.946. The highest BCUT2D eigenvalue weighted by molar-refractivity contribution is 5.82. The van der Waals surface area contributed by atoms with Crippen molar-refractivity contribution in [2.24, 2.45) is 5.92 Å². The zero-order valence-electron chi connectivity index (χ0n) is 8.31. The minimum atomic E-state index is 0.113. The third-order valence-corrected chi connectivity index (χ3v) is 1.73. The maximum Gasteiger partial charge on any atom is 0.140 e. The Balaban J connectivity index is 3.69. The number of allylic oxidation sites excluding steroid dienone is 1. The molecular weight excluding hydrogens is 150 g/mol. The molecule has 0 amide bonds. The van der Waals surface area contributed by atoms with Crippen molar-refractivity contribution in [1.82, 2.24) is 5.32 Å². The smallest absolute Gasteiger partial charge is 0.140 e. The van der Waals surface area contributed by atoms with Gasteiger partial charge in [0.1, 0.15) is 5.78 Å². The van der Waals surface area contributed by atoms with E-state index < -0.39 is 0 Å². The van der Waals surface area contributed by atoms with Crippen molar-refractivity contribution in [1.29, 1.82) is 0 Å². The van der Waals surface area contributed by atoms with Crippen molar-refractivity contribution in [3.63, 3.8) is 0 Å². The van der Waals surface area contributed by atoms with Gasteiger partial charge in [0.05, 0.1) is 0 Å². The van der Waals surface area contributed by atoms with Crippen LogP contribution in [-0.4, -0.2) is 18.9 Å². The van der Waals surface area contributed by atoms with Crippen LogP contribution < -0.4 is 5.32 Å². The second-order valence-corrected chi connectivity index (χ2v) is 3.31. The second kappa shape index (κ2) is 5.95. The molecule has 2 nitrogen and oxygen atoms in total. The first-order valence-corrected chi connectivity index (χ1v) is 4.45. The first-order valence-electron chi connectivity index (χ1n) is 4.45. The molecule has 0 radical (unpaired) electrons. The van der Waals surface area contributed by atoms with E-state index in [4.69, 9.17) is 0 Å². The summed E-state index contributed by atoms with van der Waals surface area (Å²) in [5, 5.41) is 3.15. The van der Waals surface area contributed by atoms with Gasteiger partial charge in [-0.25, -0.2) is 0 Å². The van der Waals surface area contributed by atoms with Gasteiger partial charge in [-0.2, -0.15) is 0 Å². The molecule has 2 heteroatoms. The lowest BCUT2D eigenvalue weighted by atomic mass is 10.0. The number of carbonyl (C=O) groups excluding carboxylic acids is 1. The highest BCUT2D eigenvalue weighted by atomic mass is 16.1. The normalized spacial score (nSPS) is 12.6. The Morgan fingerprint density at radius 1 is 1.58 bits per heavy atom. The highest BCUT2D eigenvalue weighted by Gasteiger charge is 2.11. The standard InChI is InChI=1S/C10H19NO/c1-5-11-7-9(4)10(12)6-8(2)3/h9,11H,2,5-7H2,1,3-4H3. The molecule has 0 spiro atoms. The molecule has 0 saturated carbocycles.